The number of rotatable bonds is 2. The normalized spacial score (nSPS) is 10.2. The molecule has 86 valence electrons. The summed E-state index contributed by atoms with van der Waals surface area (Å²) in [7, 11) is 0. The molecule has 0 aliphatic rings. The van der Waals surface area contributed by atoms with Gasteiger partial charge in [-0.2, -0.15) is 0 Å². The van der Waals surface area contributed by atoms with Crippen LogP contribution in [0.25, 0.3) is 11.1 Å². The van der Waals surface area contributed by atoms with Crippen LogP contribution in [0.4, 0.5) is 5.69 Å². The zero-order valence-corrected chi connectivity index (χ0v) is 10.0. The van der Waals surface area contributed by atoms with E-state index in [1.165, 1.54) is 0 Å². The van der Waals surface area contributed by atoms with Gasteiger partial charge < -0.3 is 5.73 Å². The molecule has 2 heteroatoms. The number of carbonyl (C=O) groups is 1. The minimum absolute atomic E-state index is 0.746. The molecule has 2 rings (SSSR count). The van der Waals surface area contributed by atoms with Gasteiger partial charge >= 0.3 is 0 Å². The molecule has 0 fully saturated rings. The van der Waals surface area contributed by atoms with Crippen molar-refractivity contribution in [3.8, 4) is 11.1 Å². The van der Waals surface area contributed by atoms with Crippen molar-refractivity contribution in [1.29, 1.82) is 0 Å². The Morgan fingerprint density at radius 3 is 2.47 bits per heavy atom. The molecule has 17 heavy (non-hydrogen) atoms. The van der Waals surface area contributed by atoms with Crippen LogP contribution in [0.3, 0.4) is 0 Å². The Kier molecular flexibility index (Phi) is 2.96. The highest BCUT2D eigenvalue weighted by Gasteiger charge is 2.06. The average Bonchev–Trinajstić information content (AvgIpc) is 2.31. The lowest BCUT2D eigenvalue weighted by Gasteiger charge is -2.10. The molecule has 0 radical (unpaired) electrons. The van der Waals surface area contributed by atoms with Crippen molar-refractivity contribution in [2.45, 2.75) is 13.8 Å². The molecular weight excluding hydrogens is 210 g/mol. The first-order chi connectivity index (χ1) is 8.11. The standard InChI is InChI=1S/C15H15NO/c1-10-7-15(11(2)6-13(10)9-17)12-4-3-5-14(16)8-12/h3-9H,16H2,1-2H3. The van der Waals surface area contributed by atoms with Crippen LogP contribution < -0.4 is 5.73 Å². The van der Waals surface area contributed by atoms with Gasteiger partial charge in [0.05, 0.1) is 0 Å². The van der Waals surface area contributed by atoms with E-state index in [0.29, 0.717) is 0 Å². The van der Waals surface area contributed by atoms with Crippen molar-refractivity contribution in [3.05, 3.63) is 53.1 Å². The van der Waals surface area contributed by atoms with E-state index in [2.05, 4.69) is 0 Å². The number of anilines is 1. The fourth-order valence-electron chi connectivity index (χ4n) is 1.98. The first-order valence-electron chi connectivity index (χ1n) is 5.54. The van der Waals surface area contributed by atoms with Crippen LogP contribution >= 0.6 is 0 Å². The molecule has 0 aliphatic heterocycles. The first kappa shape index (κ1) is 11.4. The van der Waals surface area contributed by atoms with E-state index in [9.17, 15) is 4.79 Å². The van der Waals surface area contributed by atoms with Crippen LogP contribution in [0.15, 0.2) is 36.4 Å². The summed E-state index contributed by atoms with van der Waals surface area (Å²) in [6, 6.07) is 11.7. The molecule has 0 unspecified atom stereocenters. The molecule has 0 aliphatic carbocycles. The third-order valence-corrected chi connectivity index (χ3v) is 2.94. The van der Waals surface area contributed by atoms with E-state index >= 15 is 0 Å². The first-order valence-corrected chi connectivity index (χ1v) is 5.54. The van der Waals surface area contributed by atoms with Crippen molar-refractivity contribution in [1.82, 2.24) is 0 Å². The van der Waals surface area contributed by atoms with E-state index in [-0.39, 0.29) is 0 Å². The van der Waals surface area contributed by atoms with Gasteiger partial charge in [-0.3, -0.25) is 4.79 Å². The molecule has 0 heterocycles. The summed E-state index contributed by atoms with van der Waals surface area (Å²) in [5, 5.41) is 0. The molecular formula is C15H15NO. The number of nitrogens with two attached hydrogens (primary N) is 1. The molecule has 0 saturated heterocycles. The number of hydrogen-bond donors (Lipinski definition) is 1. The van der Waals surface area contributed by atoms with Gasteiger partial charge in [0.15, 0.2) is 0 Å². The highest BCUT2D eigenvalue weighted by molar-refractivity contribution is 5.81. The third kappa shape index (κ3) is 2.21. The molecule has 0 saturated carbocycles. The van der Waals surface area contributed by atoms with Crippen molar-refractivity contribution in [3.63, 3.8) is 0 Å². The molecule has 0 bridgehead atoms. The second-order valence-corrected chi connectivity index (χ2v) is 4.27. The Morgan fingerprint density at radius 2 is 1.82 bits per heavy atom. The molecule has 0 aromatic heterocycles. The number of hydrogen-bond acceptors (Lipinski definition) is 2. The van der Waals surface area contributed by atoms with Gasteiger partial charge in [0.2, 0.25) is 0 Å². The van der Waals surface area contributed by atoms with Gasteiger partial charge in [0, 0.05) is 11.3 Å². The average molecular weight is 225 g/mol. The second kappa shape index (κ2) is 4.42. The van der Waals surface area contributed by atoms with Gasteiger partial charge in [-0.15, -0.1) is 0 Å². The van der Waals surface area contributed by atoms with E-state index in [4.69, 9.17) is 5.73 Å². The minimum atomic E-state index is 0.746. The largest absolute Gasteiger partial charge is 0.399 e. The van der Waals surface area contributed by atoms with E-state index in [1.54, 1.807) is 0 Å². The fraction of sp³-hybridized carbons (Fsp3) is 0.133. The summed E-state index contributed by atoms with van der Waals surface area (Å²) in [4.78, 5) is 10.9. The zero-order chi connectivity index (χ0) is 12.4. The monoisotopic (exact) mass is 225 g/mol. The predicted molar refractivity (Wildman–Crippen MR) is 71.2 cm³/mol. The van der Waals surface area contributed by atoms with Gasteiger partial charge in [-0.05, 0) is 54.3 Å². The van der Waals surface area contributed by atoms with Crippen molar-refractivity contribution < 1.29 is 4.79 Å². The van der Waals surface area contributed by atoms with E-state index in [1.807, 2.05) is 50.2 Å². The number of aldehydes is 1. The predicted octanol–water partition coefficient (Wildman–Crippen LogP) is 3.37. The lowest BCUT2D eigenvalue weighted by molar-refractivity contribution is 0.112. The Balaban J connectivity index is 2.60. The molecule has 0 atom stereocenters. The van der Waals surface area contributed by atoms with E-state index < -0.39 is 0 Å². The van der Waals surface area contributed by atoms with Crippen molar-refractivity contribution in [2.75, 3.05) is 5.73 Å². The summed E-state index contributed by atoms with van der Waals surface area (Å²) in [5.41, 5.74) is 11.6. The van der Waals surface area contributed by atoms with Gasteiger partial charge in [-0.25, -0.2) is 0 Å². The lowest BCUT2D eigenvalue weighted by atomic mass is 9.95. The Labute approximate surface area is 101 Å². The quantitative estimate of drug-likeness (QED) is 0.629. The minimum Gasteiger partial charge on any atom is -0.399 e. The molecule has 0 spiro atoms. The number of carbonyl (C=O) groups excluding carboxylic acids is 1. The van der Waals surface area contributed by atoms with Crippen LogP contribution in [0.1, 0.15) is 21.5 Å². The molecule has 0 amide bonds. The van der Waals surface area contributed by atoms with Gasteiger partial charge in [0.25, 0.3) is 0 Å². The fourth-order valence-corrected chi connectivity index (χ4v) is 1.98. The Morgan fingerprint density at radius 1 is 1.06 bits per heavy atom. The lowest BCUT2D eigenvalue weighted by Crippen LogP contribution is -1.92. The molecule has 2 aromatic carbocycles. The SMILES string of the molecule is Cc1cc(-c2cccc(N)c2)c(C)cc1C=O. The topological polar surface area (TPSA) is 43.1 Å². The Bertz CT molecular complexity index is 573. The second-order valence-electron chi connectivity index (χ2n) is 4.27. The van der Waals surface area contributed by atoms with Crippen LogP contribution in [-0.2, 0) is 0 Å². The zero-order valence-electron chi connectivity index (χ0n) is 10.0. The van der Waals surface area contributed by atoms with Crippen LogP contribution in [-0.4, -0.2) is 6.29 Å². The smallest absolute Gasteiger partial charge is 0.150 e. The highest BCUT2D eigenvalue weighted by Crippen LogP contribution is 2.27. The third-order valence-electron chi connectivity index (χ3n) is 2.94. The maximum atomic E-state index is 10.9. The number of nitrogen functional groups attached to an aromatic ring is 1. The molecule has 2 N–H and O–H groups in total. The maximum absolute atomic E-state index is 10.9. The summed E-state index contributed by atoms with van der Waals surface area (Å²) in [6.45, 7) is 3.95. The van der Waals surface area contributed by atoms with Crippen molar-refractivity contribution in [2.24, 2.45) is 0 Å². The summed E-state index contributed by atoms with van der Waals surface area (Å²) in [5.74, 6) is 0. The molecule has 2 aromatic rings. The maximum Gasteiger partial charge on any atom is 0.150 e. The summed E-state index contributed by atoms with van der Waals surface area (Å²) < 4.78 is 0. The molecule has 2 nitrogen and oxygen atoms in total. The van der Waals surface area contributed by atoms with E-state index in [0.717, 1.165) is 39.8 Å². The number of benzene rings is 2. The summed E-state index contributed by atoms with van der Waals surface area (Å²) in [6.07, 6.45) is 0.894. The summed E-state index contributed by atoms with van der Waals surface area (Å²) >= 11 is 0. The highest BCUT2D eigenvalue weighted by atomic mass is 16.1. The number of aryl methyl sites for hydroxylation is 2. The van der Waals surface area contributed by atoms with Crippen molar-refractivity contribution >= 4 is 12.0 Å². The van der Waals surface area contributed by atoms with Crippen LogP contribution in [0.2, 0.25) is 0 Å². The van der Waals surface area contributed by atoms with Crippen LogP contribution in [0.5, 0.6) is 0 Å². The Hall–Kier alpha value is -2.09. The van der Waals surface area contributed by atoms with Gasteiger partial charge in [-0.1, -0.05) is 18.2 Å². The van der Waals surface area contributed by atoms with Gasteiger partial charge in [0.1, 0.15) is 6.29 Å². The van der Waals surface area contributed by atoms with Crippen LogP contribution in [0, 0.1) is 13.8 Å².